The Morgan fingerprint density at radius 1 is 0.812 bits per heavy atom. The van der Waals surface area contributed by atoms with Gasteiger partial charge in [0.15, 0.2) is 0 Å². The molecule has 0 aliphatic carbocycles. The number of rotatable bonds is 5. The van der Waals surface area contributed by atoms with E-state index in [9.17, 15) is 9.13 Å². The molecule has 0 aromatic heterocycles. The molecule has 0 aromatic carbocycles. The van der Waals surface area contributed by atoms with E-state index in [1.165, 1.54) is 27.7 Å². The zero-order chi connectivity index (χ0) is 13.4. The zero-order valence-electron chi connectivity index (χ0n) is 10.4. The van der Waals surface area contributed by atoms with E-state index in [-0.39, 0.29) is 0 Å². The summed E-state index contributed by atoms with van der Waals surface area (Å²) in [6.45, 7) is 8.19. The third-order valence-electron chi connectivity index (χ3n) is 2.25. The predicted molar refractivity (Wildman–Crippen MR) is 61.8 cm³/mol. The van der Waals surface area contributed by atoms with Crippen molar-refractivity contribution in [3.8, 4) is 0 Å². The Morgan fingerprint density at radius 2 is 1.00 bits per heavy atom. The monoisotopic (exact) mass is 274 g/mol. The summed E-state index contributed by atoms with van der Waals surface area (Å²) in [5, 5.41) is 0. The van der Waals surface area contributed by atoms with Gasteiger partial charge in [0.05, 0.1) is 0 Å². The van der Waals surface area contributed by atoms with Gasteiger partial charge >= 0.3 is 15.2 Å². The maximum Gasteiger partial charge on any atom is 0.325 e. The molecule has 0 aliphatic rings. The molecular formula is C8H20O6P2. The normalized spacial score (nSPS) is 21.2. The van der Waals surface area contributed by atoms with Crippen molar-refractivity contribution in [3.05, 3.63) is 0 Å². The second kappa shape index (κ2) is 4.52. The van der Waals surface area contributed by atoms with Crippen LogP contribution in [0.15, 0.2) is 0 Å². The molecule has 16 heavy (non-hydrogen) atoms. The fourth-order valence-electron chi connectivity index (χ4n) is 1.07. The summed E-state index contributed by atoms with van der Waals surface area (Å²) in [5.74, 6) is 0. The molecule has 0 saturated heterocycles. The predicted octanol–water partition coefficient (Wildman–Crippen LogP) is 2.21. The van der Waals surface area contributed by atoms with Gasteiger partial charge in [0, 0.05) is 13.3 Å². The fraction of sp³-hybridized carbons (Fsp3) is 1.00. The lowest BCUT2D eigenvalue weighted by Gasteiger charge is -2.41. The summed E-state index contributed by atoms with van der Waals surface area (Å²) in [4.78, 5) is 18.3. The van der Waals surface area contributed by atoms with E-state index < -0.39 is 26.4 Å². The maximum atomic E-state index is 11.2. The Hall–Kier alpha value is 0.300. The van der Waals surface area contributed by atoms with E-state index in [0.717, 1.165) is 13.3 Å². The van der Waals surface area contributed by atoms with Crippen LogP contribution in [0.1, 0.15) is 27.7 Å². The van der Waals surface area contributed by atoms with Gasteiger partial charge in [-0.25, -0.2) is 0 Å². The van der Waals surface area contributed by atoms with Crippen LogP contribution in [0.4, 0.5) is 0 Å². The zero-order valence-corrected chi connectivity index (χ0v) is 12.2. The van der Waals surface area contributed by atoms with Crippen molar-refractivity contribution < 1.29 is 28.0 Å². The first-order chi connectivity index (χ1) is 6.66. The summed E-state index contributed by atoms with van der Waals surface area (Å²) < 4.78 is 32.4. The topological polar surface area (TPSA) is 93.1 Å². The van der Waals surface area contributed by atoms with Gasteiger partial charge in [0.2, 0.25) is 0 Å². The van der Waals surface area contributed by atoms with Crippen LogP contribution in [0, 0.1) is 0 Å². The average Bonchev–Trinajstić information content (AvgIpc) is 1.72. The van der Waals surface area contributed by atoms with E-state index in [1.807, 2.05) is 0 Å². The molecule has 0 aliphatic heterocycles. The van der Waals surface area contributed by atoms with E-state index >= 15 is 0 Å². The Labute approximate surface area is 96.0 Å². The molecule has 8 heteroatoms. The van der Waals surface area contributed by atoms with Crippen LogP contribution in [0.25, 0.3) is 0 Å². The summed E-state index contributed by atoms with van der Waals surface area (Å²) in [6.07, 6.45) is 0. The van der Waals surface area contributed by atoms with Crippen molar-refractivity contribution in [2.45, 2.75) is 38.9 Å². The quantitative estimate of drug-likeness (QED) is 0.746. The van der Waals surface area contributed by atoms with Crippen molar-refractivity contribution in [2.24, 2.45) is 0 Å². The van der Waals surface area contributed by atoms with Crippen LogP contribution in [0.2, 0.25) is 0 Å². The van der Waals surface area contributed by atoms with Crippen LogP contribution >= 0.6 is 15.2 Å². The number of hydrogen-bond acceptors (Lipinski definition) is 4. The SMILES string of the molecule is CC(C)(OP(C)(=O)O)C(C)(C)OP(C)(=O)O. The Bertz CT molecular complexity index is 302. The van der Waals surface area contributed by atoms with E-state index in [4.69, 9.17) is 18.8 Å². The minimum Gasteiger partial charge on any atom is -0.324 e. The Balaban J connectivity index is 4.99. The van der Waals surface area contributed by atoms with Crippen molar-refractivity contribution in [1.82, 2.24) is 0 Å². The van der Waals surface area contributed by atoms with Crippen LogP contribution in [0.5, 0.6) is 0 Å². The molecule has 2 N–H and O–H groups in total. The molecule has 0 heterocycles. The van der Waals surface area contributed by atoms with Crippen LogP contribution in [0.3, 0.4) is 0 Å². The van der Waals surface area contributed by atoms with Gasteiger partial charge < -0.3 is 9.79 Å². The molecule has 2 unspecified atom stereocenters. The highest BCUT2D eigenvalue weighted by atomic mass is 31.2. The lowest BCUT2D eigenvalue weighted by Crippen LogP contribution is -2.48. The number of hydrogen-bond donors (Lipinski definition) is 2. The maximum absolute atomic E-state index is 11.2. The second-order valence-electron chi connectivity index (χ2n) is 4.81. The second-order valence-corrected chi connectivity index (χ2v) is 8.39. The molecule has 98 valence electrons. The highest BCUT2D eigenvalue weighted by molar-refractivity contribution is 7.52. The standard InChI is InChI=1S/C8H20O6P2/c1-7(2,13-15(5,9)10)8(3,4)14-16(6,11)12/h1-6H3,(H,9,10)(H,11,12). The molecule has 6 nitrogen and oxygen atoms in total. The largest absolute Gasteiger partial charge is 0.325 e. The summed E-state index contributed by atoms with van der Waals surface area (Å²) in [6, 6.07) is 0. The highest BCUT2D eigenvalue weighted by Gasteiger charge is 2.45. The molecule has 0 fully saturated rings. The first kappa shape index (κ1) is 16.3. The molecule has 0 spiro atoms. The molecule has 0 saturated carbocycles. The van der Waals surface area contributed by atoms with Crippen LogP contribution in [-0.4, -0.2) is 34.3 Å². The summed E-state index contributed by atoms with van der Waals surface area (Å²) >= 11 is 0. The lowest BCUT2D eigenvalue weighted by atomic mass is 9.90. The highest BCUT2D eigenvalue weighted by Crippen LogP contribution is 2.51. The fourth-order valence-corrected chi connectivity index (χ4v) is 3.20. The van der Waals surface area contributed by atoms with Crippen LogP contribution < -0.4 is 0 Å². The van der Waals surface area contributed by atoms with Gasteiger partial charge in [0.1, 0.15) is 11.2 Å². The molecule has 0 aromatic rings. The van der Waals surface area contributed by atoms with Gasteiger partial charge in [-0.15, -0.1) is 0 Å². The van der Waals surface area contributed by atoms with Crippen LogP contribution in [-0.2, 0) is 18.2 Å². The Kier molecular flexibility index (Phi) is 4.61. The first-order valence-electron chi connectivity index (χ1n) is 4.68. The molecular weight excluding hydrogens is 254 g/mol. The summed E-state index contributed by atoms with van der Waals surface area (Å²) in [7, 11) is -7.40. The average molecular weight is 274 g/mol. The molecule has 2 atom stereocenters. The lowest BCUT2D eigenvalue weighted by molar-refractivity contribution is -0.0807. The minimum absolute atomic E-state index is 1.05. The van der Waals surface area contributed by atoms with Crippen molar-refractivity contribution in [3.63, 3.8) is 0 Å². The van der Waals surface area contributed by atoms with Crippen molar-refractivity contribution in [1.29, 1.82) is 0 Å². The van der Waals surface area contributed by atoms with Gasteiger partial charge in [-0.1, -0.05) is 0 Å². The molecule has 0 bridgehead atoms. The van der Waals surface area contributed by atoms with Gasteiger partial charge in [0.25, 0.3) is 0 Å². The van der Waals surface area contributed by atoms with E-state index in [1.54, 1.807) is 0 Å². The smallest absolute Gasteiger partial charge is 0.324 e. The third kappa shape index (κ3) is 5.58. The van der Waals surface area contributed by atoms with Gasteiger partial charge in [-0.2, -0.15) is 0 Å². The summed E-state index contributed by atoms with van der Waals surface area (Å²) in [5.41, 5.74) is -2.36. The minimum atomic E-state index is -3.70. The first-order valence-corrected chi connectivity index (χ1v) is 8.73. The van der Waals surface area contributed by atoms with E-state index in [0.29, 0.717) is 0 Å². The molecule has 0 amide bonds. The third-order valence-corrected chi connectivity index (χ3v) is 3.84. The van der Waals surface area contributed by atoms with Crippen molar-refractivity contribution in [2.75, 3.05) is 13.3 Å². The van der Waals surface area contributed by atoms with Gasteiger partial charge in [-0.3, -0.25) is 18.2 Å². The molecule has 0 radical (unpaired) electrons. The Morgan fingerprint density at radius 3 is 1.12 bits per heavy atom. The van der Waals surface area contributed by atoms with Gasteiger partial charge in [-0.05, 0) is 27.7 Å². The van der Waals surface area contributed by atoms with Crippen molar-refractivity contribution >= 4 is 15.2 Å². The van der Waals surface area contributed by atoms with E-state index in [2.05, 4.69) is 0 Å². The molecule has 0 rings (SSSR count).